The molecule has 0 aliphatic rings. The molecule has 3 aromatic rings. The first-order valence-corrected chi connectivity index (χ1v) is 8.71. The zero-order valence-electron chi connectivity index (χ0n) is 13.6. The van der Waals surface area contributed by atoms with E-state index in [0.29, 0.717) is 16.8 Å². The van der Waals surface area contributed by atoms with Crippen LogP contribution in [0.5, 0.6) is 0 Å². The molecule has 2 heterocycles. The second-order valence-electron chi connectivity index (χ2n) is 5.50. The molecule has 24 heavy (non-hydrogen) atoms. The van der Waals surface area contributed by atoms with Crippen molar-refractivity contribution < 1.29 is 9.53 Å². The topological polar surface area (TPSA) is 61.2 Å². The van der Waals surface area contributed by atoms with Crippen molar-refractivity contribution in [1.29, 1.82) is 0 Å². The molecule has 3 rings (SSSR count). The molecule has 0 bridgehead atoms. The molecule has 6 heteroatoms. The van der Waals surface area contributed by atoms with Crippen molar-refractivity contribution in [3.8, 4) is 11.1 Å². The van der Waals surface area contributed by atoms with E-state index in [1.54, 1.807) is 6.92 Å². The van der Waals surface area contributed by atoms with Crippen LogP contribution < -0.4 is 5.56 Å². The van der Waals surface area contributed by atoms with Crippen LogP contribution in [0.2, 0.25) is 0 Å². The quantitative estimate of drug-likeness (QED) is 0.664. The molecular formula is C18H18N2O3S. The van der Waals surface area contributed by atoms with Crippen molar-refractivity contribution in [2.24, 2.45) is 0 Å². The van der Waals surface area contributed by atoms with Crippen LogP contribution >= 0.6 is 11.3 Å². The van der Waals surface area contributed by atoms with Gasteiger partial charge in [0.15, 0.2) is 0 Å². The molecule has 0 amide bonds. The van der Waals surface area contributed by atoms with E-state index >= 15 is 0 Å². The van der Waals surface area contributed by atoms with Crippen LogP contribution in [0.4, 0.5) is 0 Å². The molecule has 0 aliphatic heterocycles. The van der Waals surface area contributed by atoms with E-state index in [1.165, 1.54) is 22.2 Å². The number of benzene rings is 1. The fourth-order valence-corrected chi connectivity index (χ4v) is 3.39. The first-order valence-electron chi connectivity index (χ1n) is 7.84. The van der Waals surface area contributed by atoms with Crippen molar-refractivity contribution in [1.82, 2.24) is 9.55 Å². The summed E-state index contributed by atoms with van der Waals surface area (Å²) in [4.78, 5) is 30.0. The molecule has 0 unspecified atom stereocenters. The zero-order chi connectivity index (χ0) is 17.1. The summed E-state index contributed by atoms with van der Waals surface area (Å²) >= 11 is 1.43. The molecule has 124 valence electrons. The van der Waals surface area contributed by atoms with Crippen LogP contribution in [0.3, 0.4) is 0 Å². The van der Waals surface area contributed by atoms with E-state index in [0.717, 1.165) is 17.5 Å². The van der Waals surface area contributed by atoms with E-state index in [4.69, 9.17) is 4.74 Å². The van der Waals surface area contributed by atoms with Gasteiger partial charge in [-0.05, 0) is 18.9 Å². The molecule has 1 aromatic carbocycles. The summed E-state index contributed by atoms with van der Waals surface area (Å²) in [6.07, 6.45) is 2.17. The molecule has 0 aliphatic carbocycles. The third kappa shape index (κ3) is 2.97. The number of hydrogen-bond acceptors (Lipinski definition) is 5. The highest BCUT2D eigenvalue weighted by Crippen LogP contribution is 2.30. The molecule has 0 spiro atoms. The average molecular weight is 342 g/mol. The van der Waals surface area contributed by atoms with Gasteiger partial charge >= 0.3 is 5.97 Å². The standard InChI is InChI=1S/C18H18N2O3S/c1-3-9-23-18(22)12(2)20-11-19-16-15(17(20)21)14(10-24-16)13-7-5-4-6-8-13/h4-8,10-12H,3,9H2,1-2H3/t12-/m1/s1. The lowest BCUT2D eigenvalue weighted by Gasteiger charge is -2.14. The fraction of sp³-hybridized carbons (Fsp3) is 0.278. The Morgan fingerprint density at radius 2 is 2.08 bits per heavy atom. The maximum Gasteiger partial charge on any atom is 0.328 e. The summed E-state index contributed by atoms with van der Waals surface area (Å²) < 4.78 is 6.49. The van der Waals surface area contributed by atoms with Gasteiger partial charge in [0.1, 0.15) is 10.9 Å². The van der Waals surface area contributed by atoms with Crippen molar-refractivity contribution in [3.63, 3.8) is 0 Å². The maximum atomic E-state index is 12.9. The lowest BCUT2D eigenvalue weighted by atomic mass is 10.1. The first-order chi connectivity index (χ1) is 11.6. The fourth-order valence-electron chi connectivity index (χ4n) is 2.49. The maximum absolute atomic E-state index is 12.9. The smallest absolute Gasteiger partial charge is 0.328 e. The van der Waals surface area contributed by atoms with E-state index in [-0.39, 0.29) is 5.56 Å². The third-order valence-electron chi connectivity index (χ3n) is 3.81. The minimum absolute atomic E-state index is 0.221. The lowest BCUT2D eigenvalue weighted by Crippen LogP contribution is -2.29. The molecule has 0 radical (unpaired) electrons. The number of fused-ring (bicyclic) bond motifs is 1. The normalized spacial score (nSPS) is 12.2. The van der Waals surface area contributed by atoms with Gasteiger partial charge in [-0.2, -0.15) is 0 Å². The zero-order valence-corrected chi connectivity index (χ0v) is 14.4. The Hall–Kier alpha value is -2.47. The van der Waals surface area contributed by atoms with E-state index in [9.17, 15) is 9.59 Å². The predicted molar refractivity (Wildman–Crippen MR) is 95.3 cm³/mol. The van der Waals surface area contributed by atoms with Gasteiger partial charge in [-0.3, -0.25) is 9.36 Å². The van der Waals surface area contributed by atoms with Gasteiger partial charge in [0, 0.05) is 10.9 Å². The summed E-state index contributed by atoms with van der Waals surface area (Å²) in [7, 11) is 0. The van der Waals surface area contributed by atoms with Crippen LogP contribution in [-0.4, -0.2) is 22.1 Å². The van der Waals surface area contributed by atoms with Gasteiger partial charge in [0.05, 0.1) is 18.3 Å². The highest BCUT2D eigenvalue weighted by molar-refractivity contribution is 7.17. The second kappa shape index (κ2) is 6.97. The van der Waals surface area contributed by atoms with Crippen molar-refractivity contribution in [3.05, 3.63) is 52.4 Å². The van der Waals surface area contributed by atoms with Crippen LogP contribution in [0.1, 0.15) is 26.3 Å². The number of rotatable bonds is 5. The number of carbonyl (C=O) groups is 1. The summed E-state index contributed by atoms with van der Waals surface area (Å²) in [6, 6.07) is 9.00. The second-order valence-corrected chi connectivity index (χ2v) is 6.35. The minimum Gasteiger partial charge on any atom is -0.464 e. The summed E-state index contributed by atoms with van der Waals surface area (Å²) in [5.74, 6) is -0.420. The predicted octanol–water partition coefficient (Wildman–Crippen LogP) is 3.64. The first kappa shape index (κ1) is 16.4. The molecule has 5 nitrogen and oxygen atoms in total. The van der Waals surface area contributed by atoms with Gasteiger partial charge in [0.25, 0.3) is 5.56 Å². The molecule has 0 saturated carbocycles. The van der Waals surface area contributed by atoms with Crippen molar-refractivity contribution in [2.75, 3.05) is 6.61 Å². The van der Waals surface area contributed by atoms with Gasteiger partial charge in [-0.1, -0.05) is 37.3 Å². The largest absolute Gasteiger partial charge is 0.464 e. The van der Waals surface area contributed by atoms with Crippen molar-refractivity contribution >= 4 is 27.5 Å². The Kier molecular flexibility index (Phi) is 4.76. The van der Waals surface area contributed by atoms with Crippen LogP contribution in [0, 0.1) is 0 Å². The number of carbonyl (C=O) groups excluding carboxylic acids is 1. The highest BCUT2D eigenvalue weighted by atomic mass is 32.1. The molecule has 0 N–H and O–H groups in total. The summed E-state index contributed by atoms with van der Waals surface area (Å²) in [5.41, 5.74) is 1.58. The number of nitrogens with zero attached hydrogens (tertiary/aromatic N) is 2. The Bertz CT molecular complexity index is 915. The Labute approximate surface area is 143 Å². The highest BCUT2D eigenvalue weighted by Gasteiger charge is 2.21. The number of esters is 1. The Morgan fingerprint density at radius 1 is 1.33 bits per heavy atom. The molecule has 2 aromatic heterocycles. The van der Waals surface area contributed by atoms with Crippen LogP contribution in [0.15, 0.2) is 46.8 Å². The number of aromatic nitrogens is 2. The van der Waals surface area contributed by atoms with Gasteiger partial charge < -0.3 is 4.74 Å². The van der Waals surface area contributed by atoms with Crippen molar-refractivity contribution in [2.45, 2.75) is 26.3 Å². The third-order valence-corrected chi connectivity index (χ3v) is 4.70. The monoisotopic (exact) mass is 342 g/mol. The number of ether oxygens (including phenoxy) is 1. The average Bonchev–Trinajstić information content (AvgIpc) is 3.05. The Morgan fingerprint density at radius 3 is 2.79 bits per heavy atom. The Balaban J connectivity index is 2.08. The molecule has 0 fully saturated rings. The molecule has 1 atom stereocenters. The lowest BCUT2D eigenvalue weighted by molar-refractivity contribution is -0.147. The van der Waals surface area contributed by atoms with E-state index < -0.39 is 12.0 Å². The SMILES string of the molecule is CCCOC(=O)[C@@H](C)n1cnc2scc(-c3ccccc3)c2c1=O. The van der Waals surface area contributed by atoms with E-state index in [2.05, 4.69) is 4.98 Å². The summed E-state index contributed by atoms with van der Waals surface area (Å²) in [5, 5.41) is 2.47. The minimum atomic E-state index is -0.704. The number of thiophene rings is 1. The summed E-state index contributed by atoms with van der Waals surface area (Å²) in [6.45, 7) is 3.93. The molecular weight excluding hydrogens is 324 g/mol. The molecule has 0 saturated heterocycles. The van der Waals surface area contributed by atoms with Gasteiger partial charge in [-0.25, -0.2) is 9.78 Å². The van der Waals surface area contributed by atoms with Gasteiger partial charge in [-0.15, -0.1) is 11.3 Å². The number of hydrogen-bond donors (Lipinski definition) is 0. The van der Waals surface area contributed by atoms with Crippen LogP contribution in [0.25, 0.3) is 21.3 Å². The van der Waals surface area contributed by atoms with Gasteiger partial charge in [0.2, 0.25) is 0 Å². The van der Waals surface area contributed by atoms with E-state index in [1.807, 2.05) is 42.6 Å². The van der Waals surface area contributed by atoms with Crippen LogP contribution in [-0.2, 0) is 9.53 Å².